The molecular weight excluding hydrogens is 1240 g/mol. The van der Waals surface area contributed by atoms with Crippen molar-refractivity contribution < 1.29 is 108 Å². The van der Waals surface area contributed by atoms with E-state index in [-0.39, 0.29) is 153 Å². The van der Waals surface area contributed by atoms with E-state index in [1.165, 1.54) is 33.5 Å². The van der Waals surface area contributed by atoms with Gasteiger partial charge in [0.1, 0.15) is 54.2 Å². The first-order chi connectivity index (χ1) is 40.1. The summed E-state index contributed by atoms with van der Waals surface area (Å²) in [7, 11) is 2.14. The number of unbranched alkanes of at least 4 members (excludes halogenated alkanes) is 2. The molecule has 1 radical (unpaired) electrons. The third kappa shape index (κ3) is 22.0. The summed E-state index contributed by atoms with van der Waals surface area (Å²) < 4.78 is 17.1. The van der Waals surface area contributed by atoms with Crippen LogP contribution in [0.3, 0.4) is 0 Å². The molecule has 0 saturated carbocycles. The van der Waals surface area contributed by atoms with Crippen LogP contribution in [0.1, 0.15) is 43.0 Å². The van der Waals surface area contributed by atoms with Crippen molar-refractivity contribution in [1.29, 1.82) is 0 Å². The number of imide groups is 3. The van der Waals surface area contributed by atoms with Crippen molar-refractivity contribution in [1.82, 2.24) is 39.9 Å². The van der Waals surface area contributed by atoms with E-state index in [9.17, 15) is 28.8 Å². The normalized spacial score (nSPS) is 15.4. The summed E-state index contributed by atoms with van der Waals surface area (Å²) in [5, 5.41) is 28.0. The fourth-order valence-electron chi connectivity index (χ4n) is 8.20. The first-order valence-corrected chi connectivity index (χ1v) is 27.5. The Morgan fingerprint density at radius 3 is 1.26 bits per heavy atom. The Kier molecular flexibility index (Phi) is 30.4. The van der Waals surface area contributed by atoms with E-state index >= 15 is 0 Å². The van der Waals surface area contributed by atoms with E-state index in [4.69, 9.17) is 69.7 Å². The minimum absolute atomic E-state index is 0. The Morgan fingerprint density at radius 2 is 0.906 bits per heavy atom. The maximum atomic E-state index is 12.6. The molecule has 85 heavy (non-hydrogen) atoms. The molecule has 6 aromatic rings. The zero-order chi connectivity index (χ0) is 59.3. The number of alkyl halides is 1. The molecule has 9 amide bonds. The molecule has 10 rings (SSSR count). The van der Waals surface area contributed by atoms with Crippen LogP contribution in [0.25, 0.3) is 34.0 Å². The number of nitrogens with zero attached hydrogens (tertiary/aromatic N) is 10. The predicted octanol–water partition coefficient (Wildman–Crippen LogP) is 4.99. The van der Waals surface area contributed by atoms with Crippen molar-refractivity contribution in [2.24, 2.45) is 15.3 Å². The Hall–Kier alpha value is -4.89. The average molecular weight is 1300 g/mol. The molecule has 1 N–H and O–H groups in total. The maximum absolute atomic E-state index is 12.6. The van der Waals surface area contributed by atoms with Crippen molar-refractivity contribution in [2.75, 3.05) is 78.4 Å². The van der Waals surface area contributed by atoms with Crippen LogP contribution in [0, 0.1) is 0 Å². The van der Waals surface area contributed by atoms with Gasteiger partial charge in [-0.2, -0.15) is 15.3 Å². The molecule has 29 heteroatoms. The summed E-state index contributed by atoms with van der Waals surface area (Å²) in [5.41, 5.74) is 2.66. The number of rotatable bonds is 19. The third-order valence-electron chi connectivity index (χ3n) is 12.6. The van der Waals surface area contributed by atoms with Gasteiger partial charge in [-0.05, 0) is 148 Å². The number of carbonyl (C=O) groups is 7. The van der Waals surface area contributed by atoms with Crippen LogP contribution in [0.4, 0.5) is 14.4 Å². The smallest absolute Gasteiger partial charge is 0.662 e. The van der Waals surface area contributed by atoms with E-state index in [0.717, 1.165) is 78.7 Å². The zero-order valence-electron chi connectivity index (χ0n) is 46.7. The van der Waals surface area contributed by atoms with Gasteiger partial charge in [-0.1, -0.05) is 34.8 Å². The Balaban J connectivity index is 0.000000227. The van der Waals surface area contributed by atoms with Crippen molar-refractivity contribution in [3.8, 4) is 34.0 Å². The fourth-order valence-corrected chi connectivity index (χ4v) is 8.76. The van der Waals surface area contributed by atoms with Crippen molar-refractivity contribution in [3.05, 3.63) is 142 Å². The van der Waals surface area contributed by atoms with Gasteiger partial charge in [-0.25, -0.2) is 29.4 Å². The van der Waals surface area contributed by atoms with Gasteiger partial charge in [0.05, 0.1) is 18.6 Å². The summed E-state index contributed by atoms with van der Waals surface area (Å²) >= 11 is 23.2. The van der Waals surface area contributed by atoms with Gasteiger partial charge in [0.15, 0.2) is 0 Å². The molecule has 0 spiro atoms. The summed E-state index contributed by atoms with van der Waals surface area (Å²) in [6.45, 7) is 5.75. The van der Waals surface area contributed by atoms with E-state index < -0.39 is 12.1 Å². The van der Waals surface area contributed by atoms with E-state index in [1.807, 2.05) is 42.5 Å². The zero-order valence-corrected chi connectivity index (χ0v) is 56.0. The van der Waals surface area contributed by atoms with Gasteiger partial charge in [-0.3, -0.25) is 34.3 Å². The van der Waals surface area contributed by atoms with Crippen molar-refractivity contribution in [3.63, 3.8) is 0 Å². The summed E-state index contributed by atoms with van der Waals surface area (Å²) in [6, 6.07) is 31.1. The molecule has 4 aliphatic heterocycles. The Bertz CT molecular complexity index is 3270. The number of hydrogen-bond donors (Lipinski definition) is 1. The van der Waals surface area contributed by atoms with Crippen LogP contribution in [-0.2, 0) is 24.1 Å². The molecule has 0 bridgehead atoms. The Labute approximate surface area is 594 Å². The summed E-state index contributed by atoms with van der Waals surface area (Å²) in [4.78, 5) is 89.9. The van der Waals surface area contributed by atoms with Gasteiger partial charge in [0, 0.05) is 128 Å². The molecule has 0 aliphatic carbocycles. The van der Waals surface area contributed by atoms with E-state index in [2.05, 4.69) is 42.4 Å². The second-order valence-corrected chi connectivity index (χ2v) is 20.2. The number of likely N-dealkylation sites (N-methyl/N-ethyl adjacent to an activating group) is 1. The number of hydrazone groups is 3. The molecule has 0 atom stereocenters. The Morgan fingerprint density at radius 1 is 0.541 bits per heavy atom. The quantitative estimate of drug-likeness (QED) is 0.0164. The minimum Gasteiger partial charge on any atom is -0.662 e. The third-order valence-corrected chi connectivity index (χ3v) is 13.6. The van der Waals surface area contributed by atoms with Crippen LogP contribution in [0.5, 0.6) is 0 Å². The summed E-state index contributed by atoms with van der Waals surface area (Å²) in [6.07, 6.45) is 7.46. The number of furan rings is 3. The molecule has 4 fully saturated rings. The number of benzene rings is 3. The van der Waals surface area contributed by atoms with Crippen molar-refractivity contribution in [2.45, 2.75) is 25.7 Å². The minimum atomic E-state index is -0.541. The molecule has 7 heterocycles. The number of urea groups is 3. The van der Waals surface area contributed by atoms with E-state index in [0.29, 0.717) is 75.0 Å². The van der Waals surface area contributed by atoms with Crippen LogP contribution in [-0.4, -0.2) is 225 Å². The van der Waals surface area contributed by atoms with Crippen LogP contribution in [0.15, 0.2) is 138 Å². The van der Waals surface area contributed by atoms with Gasteiger partial charge in [0.25, 0.3) is 18.3 Å². The SMILES string of the molecule is CN1CCN(CCCCN2C(=O)CN(/N=C/c3ccc(-c4ccc(Cl)cc4)o3)C2=O)CC1.O=C1CN(/N=C/c2ccc(-c3ccc(Cl)cc3)o2)C(=O)N1.O=C1CN(/N=C/c2ccc(-c3ccc(Cl)cc3)o2)C(=O)N1CCCCCl.O=CO[O-].[K+].[K]. The molecule has 23 nitrogen and oxygen atoms in total. The number of amides is 9. The average Bonchev–Trinajstić information content (AvgIpc) is 4.55. The maximum Gasteiger partial charge on any atom is 1.00 e. The van der Waals surface area contributed by atoms with Gasteiger partial charge in [0.2, 0.25) is 5.91 Å². The number of hydrogen-bond acceptors (Lipinski definition) is 17. The first kappa shape index (κ1) is 70.9. The molecule has 437 valence electrons. The largest absolute Gasteiger partial charge is 1.00 e. The fraction of sp³-hybridized carbons (Fsp3) is 0.286. The molecule has 3 aromatic carbocycles. The van der Waals surface area contributed by atoms with Crippen LogP contribution >= 0.6 is 46.4 Å². The number of nitrogens with one attached hydrogen (secondary N) is 1. The van der Waals surface area contributed by atoms with Gasteiger partial charge in [-0.15, -0.1) is 11.6 Å². The van der Waals surface area contributed by atoms with Gasteiger partial charge >= 0.3 is 69.5 Å². The van der Waals surface area contributed by atoms with Crippen molar-refractivity contribution >= 4 is 159 Å². The predicted molar refractivity (Wildman–Crippen MR) is 314 cm³/mol. The molecule has 4 aliphatic rings. The second-order valence-electron chi connectivity index (χ2n) is 18.5. The monoisotopic (exact) mass is 1290 g/mol. The topological polar surface area (TPSA) is 263 Å². The standard InChI is InChI=1S/C23H28ClN5O3.C18H17Cl2N3O3.C14H10ClN3O3.CH2O3.2K/c1-26-12-14-27(15-13-26)10-2-3-11-28-22(30)17-29(23(28)31)25-16-20-8-9-21(32-20)18-4-6-19(24)7-5-18;19-9-1-2-10-22-17(24)12-23(18(22)25)21-11-15-7-8-16(26-15)13-3-5-14(20)6-4-13;15-10-3-1-9(2-4-10)12-6-5-11(21-12)7-16-18-8-13(19)17-14(18)20;2-1-4-3;;/h4-9,16H,2-3,10-15,17H2,1H3;3-8,11H,1-2,9-10,12H2;1-7H,8H2,(H,17,19,20);1,3H;;/q;;;;;+1/p-1/b25-16+;21-11+;16-7+;;;. The molecular formula is C56H56Cl4K2N11O12. The first-order valence-electron chi connectivity index (χ1n) is 25.8. The molecule has 4 saturated heterocycles. The second kappa shape index (κ2) is 36.4. The van der Waals surface area contributed by atoms with Gasteiger partial charge < -0.3 is 33.2 Å². The van der Waals surface area contributed by atoms with E-state index in [1.54, 1.807) is 66.7 Å². The van der Waals surface area contributed by atoms with Crippen LogP contribution in [0.2, 0.25) is 15.1 Å². The molecule has 3 aromatic heterocycles. The number of carbonyl (C=O) groups excluding carboxylic acids is 7. The number of halogens is 4. The van der Waals surface area contributed by atoms with Crippen LogP contribution < -0.4 is 62.0 Å². The number of piperazine rings is 1. The molecule has 0 unspecified atom stereocenters. The summed E-state index contributed by atoms with van der Waals surface area (Å²) in [5.74, 6) is 3.11.